The number of carbonyl (C=O) groups is 2. The molecular weight excluding hydrogens is 452 g/mol. The summed E-state index contributed by atoms with van der Waals surface area (Å²) in [6.45, 7) is 3.74. The maximum absolute atomic E-state index is 13.0. The van der Waals surface area contributed by atoms with Crippen LogP contribution in [0.3, 0.4) is 0 Å². The molecule has 0 saturated heterocycles. The highest BCUT2D eigenvalue weighted by atomic mass is 32.1. The van der Waals surface area contributed by atoms with Crippen LogP contribution in [0.5, 0.6) is 17.2 Å². The van der Waals surface area contributed by atoms with Crippen LogP contribution >= 0.6 is 11.3 Å². The highest BCUT2D eigenvalue weighted by Crippen LogP contribution is 2.32. The Balaban J connectivity index is 1.38. The van der Waals surface area contributed by atoms with Crippen LogP contribution < -0.4 is 19.1 Å². The summed E-state index contributed by atoms with van der Waals surface area (Å²) in [6.07, 6.45) is 0.229. The van der Waals surface area contributed by atoms with Gasteiger partial charge in [0.25, 0.3) is 5.91 Å². The molecule has 8 heteroatoms. The van der Waals surface area contributed by atoms with E-state index in [9.17, 15) is 9.59 Å². The minimum Gasteiger partial charge on any atom is -0.493 e. The number of fused-ring (bicyclic) bond motifs is 1. The third kappa shape index (κ3) is 5.51. The van der Waals surface area contributed by atoms with Gasteiger partial charge in [0.15, 0.2) is 18.1 Å². The summed E-state index contributed by atoms with van der Waals surface area (Å²) in [5, 5.41) is 2.02. The van der Waals surface area contributed by atoms with E-state index in [1.165, 1.54) is 0 Å². The molecule has 4 rings (SSSR count). The van der Waals surface area contributed by atoms with E-state index in [-0.39, 0.29) is 24.8 Å². The molecular formula is C26H28N2O5S. The number of para-hydroxylation sites is 2. The van der Waals surface area contributed by atoms with Crippen molar-refractivity contribution in [1.82, 2.24) is 4.90 Å². The van der Waals surface area contributed by atoms with Gasteiger partial charge in [0.05, 0.1) is 12.8 Å². The molecule has 0 bridgehead atoms. The van der Waals surface area contributed by atoms with Crippen molar-refractivity contribution in [2.75, 3.05) is 31.7 Å². The number of hydrogen-bond donors (Lipinski definition) is 0. The van der Waals surface area contributed by atoms with Crippen molar-refractivity contribution in [3.8, 4) is 17.2 Å². The van der Waals surface area contributed by atoms with Gasteiger partial charge in [0, 0.05) is 30.9 Å². The van der Waals surface area contributed by atoms with Gasteiger partial charge >= 0.3 is 0 Å². The minimum absolute atomic E-state index is 0.0105. The first-order chi connectivity index (χ1) is 16.6. The summed E-state index contributed by atoms with van der Waals surface area (Å²) in [5.41, 5.74) is 1.65. The molecule has 0 aliphatic carbocycles. The second kappa shape index (κ2) is 11.1. The first-order valence-corrected chi connectivity index (χ1v) is 12.1. The van der Waals surface area contributed by atoms with Gasteiger partial charge in [-0.25, -0.2) is 0 Å². The summed E-state index contributed by atoms with van der Waals surface area (Å²) in [5.74, 6) is 1.80. The van der Waals surface area contributed by atoms with E-state index < -0.39 is 0 Å². The van der Waals surface area contributed by atoms with Crippen LogP contribution in [0.1, 0.15) is 23.8 Å². The lowest BCUT2D eigenvalue weighted by molar-refractivity contribution is -0.131. The highest BCUT2D eigenvalue weighted by molar-refractivity contribution is 7.09. The van der Waals surface area contributed by atoms with E-state index in [2.05, 4.69) is 0 Å². The maximum atomic E-state index is 13.0. The molecule has 0 atom stereocenters. The molecule has 1 aliphatic rings. The summed E-state index contributed by atoms with van der Waals surface area (Å²) in [6, 6.07) is 17.1. The Kier molecular flexibility index (Phi) is 7.69. The molecule has 2 heterocycles. The second-order valence-electron chi connectivity index (χ2n) is 7.81. The number of nitrogens with zero attached hydrogens (tertiary/aromatic N) is 2. The Morgan fingerprint density at radius 3 is 2.76 bits per heavy atom. The fraction of sp³-hybridized carbons (Fsp3) is 0.308. The average molecular weight is 481 g/mol. The van der Waals surface area contributed by atoms with Crippen molar-refractivity contribution < 1.29 is 23.8 Å². The van der Waals surface area contributed by atoms with E-state index in [1.54, 1.807) is 28.2 Å². The molecule has 0 N–H and O–H groups in total. The van der Waals surface area contributed by atoms with E-state index in [4.69, 9.17) is 14.2 Å². The zero-order chi connectivity index (χ0) is 23.9. The third-order valence-corrected chi connectivity index (χ3v) is 6.49. The van der Waals surface area contributed by atoms with Crippen LogP contribution in [0.4, 0.5) is 5.69 Å². The van der Waals surface area contributed by atoms with Gasteiger partial charge in [-0.3, -0.25) is 9.59 Å². The lowest BCUT2D eigenvalue weighted by Gasteiger charge is -2.30. The Hall–Kier alpha value is -3.52. The van der Waals surface area contributed by atoms with Crippen LogP contribution in [0.15, 0.2) is 60.0 Å². The number of benzene rings is 2. The molecule has 2 aromatic carbocycles. The third-order valence-electron chi connectivity index (χ3n) is 5.64. The molecule has 34 heavy (non-hydrogen) atoms. The van der Waals surface area contributed by atoms with Gasteiger partial charge in [0.1, 0.15) is 12.4 Å². The number of carbonyl (C=O) groups excluding carboxylic acids is 2. The van der Waals surface area contributed by atoms with Crippen LogP contribution in [0.25, 0.3) is 0 Å². The monoisotopic (exact) mass is 480 g/mol. The zero-order valence-electron chi connectivity index (χ0n) is 19.4. The van der Waals surface area contributed by atoms with Gasteiger partial charge < -0.3 is 24.0 Å². The van der Waals surface area contributed by atoms with Crippen LogP contribution in [-0.2, 0) is 22.7 Å². The van der Waals surface area contributed by atoms with Crippen LogP contribution in [0.2, 0.25) is 0 Å². The molecule has 3 aromatic rings. The quantitative estimate of drug-likeness (QED) is 0.427. The van der Waals surface area contributed by atoms with Crippen molar-refractivity contribution in [2.45, 2.75) is 26.5 Å². The number of rotatable bonds is 10. The normalized spacial score (nSPS) is 12.6. The van der Waals surface area contributed by atoms with E-state index in [0.29, 0.717) is 49.2 Å². The van der Waals surface area contributed by atoms with Crippen LogP contribution in [0, 0.1) is 0 Å². The Morgan fingerprint density at radius 2 is 2.00 bits per heavy atom. The molecule has 0 unspecified atom stereocenters. The lowest BCUT2D eigenvalue weighted by Crippen LogP contribution is -2.41. The lowest BCUT2D eigenvalue weighted by atomic mass is 10.1. The van der Waals surface area contributed by atoms with E-state index in [0.717, 1.165) is 10.4 Å². The molecule has 2 amide bonds. The fourth-order valence-corrected chi connectivity index (χ4v) is 4.45. The maximum Gasteiger partial charge on any atom is 0.265 e. The smallest absolute Gasteiger partial charge is 0.265 e. The molecule has 7 nitrogen and oxygen atoms in total. The number of amides is 2. The Labute approximate surface area is 203 Å². The SMILES string of the molecule is CCN(Cc1ccc(OCc2cccs2)c(OC)c1)C(=O)CCN1C(=O)COc2ccccc21. The van der Waals surface area contributed by atoms with Crippen molar-refractivity contribution in [1.29, 1.82) is 0 Å². The number of thiophene rings is 1. The topological polar surface area (TPSA) is 68.3 Å². The Morgan fingerprint density at radius 1 is 1.15 bits per heavy atom. The molecule has 1 aromatic heterocycles. The molecule has 0 saturated carbocycles. The van der Waals surface area contributed by atoms with Gasteiger partial charge in [-0.15, -0.1) is 11.3 Å². The minimum atomic E-state index is -0.141. The molecule has 0 fully saturated rings. The van der Waals surface area contributed by atoms with E-state index >= 15 is 0 Å². The number of ether oxygens (including phenoxy) is 3. The summed E-state index contributed by atoms with van der Waals surface area (Å²) in [7, 11) is 1.61. The van der Waals surface area contributed by atoms with Crippen molar-refractivity contribution >= 4 is 28.8 Å². The van der Waals surface area contributed by atoms with Gasteiger partial charge in [-0.05, 0) is 48.2 Å². The van der Waals surface area contributed by atoms with Crippen molar-refractivity contribution in [3.63, 3.8) is 0 Å². The van der Waals surface area contributed by atoms with E-state index in [1.807, 2.05) is 66.9 Å². The highest BCUT2D eigenvalue weighted by Gasteiger charge is 2.26. The molecule has 1 aliphatic heterocycles. The number of hydrogen-bond acceptors (Lipinski definition) is 6. The average Bonchev–Trinajstić information content (AvgIpc) is 3.39. The molecule has 178 valence electrons. The standard InChI is InChI=1S/C26H28N2O5S/c1-3-27(25(29)12-13-28-21-8-4-5-9-22(21)33-18-26(28)30)16-19-10-11-23(24(15-19)31-2)32-17-20-7-6-14-34-20/h4-11,14-15H,3,12-13,16-18H2,1-2H3. The summed E-state index contributed by atoms with van der Waals surface area (Å²) >= 11 is 1.64. The first-order valence-electron chi connectivity index (χ1n) is 11.2. The van der Waals surface area contributed by atoms with Crippen LogP contribution in [-0.4, -0.2) is 43.5 Å². The number of anilines is 1. The predicted octanol–water partition coefficient (Wildman–Crippen LogP) is 4.50. The largest absolute Gasteiger partial charge is 0.493 e. The fourth-order valence-electron chi connectivity index (χ4n) is 3.83. The van der Waals surface area contributed by atoms with Crippen molar-refractivity contribution in [2.24, 2.45) is 0 Å². The second-order valence-corrected chi connectivity index (χ2v) is 8.85. The zero-order valence-corrected chi connectivity index (χ0v) is 20.2. The predicted molar refractivity (Wildman–Crippen MR) is 132 cm³/mol. The van der Waals surface area contributed by atoms with Crippen molar-refractivity contribution in [3.05, 3.63) is 70.4 Å². The first kappa shape index (κ1) is 23.6. The Bertz CT molecular complexity index is 1130. The number of methoxy groups -OCH3 is 1. The molecule has 0 radical (unpaired) electrons. The van der Waals surface area contributed by atoms with Gasteiger partial charge in [-0.2, -0.15) is 0 Å². The molecule has 0 spiro atoms. The van der Waals surface area contributed by atoms with Gasteiger partial charge in [-0.1, -0.05) is 24.3 Å². The summed E-state index contributed by atoms with van der Waals surface area (Å²) < 4.78 is 16.9. The van der Waals surface area contributed by atoms with Gasteiger partial charge in [0.2, 0.25) is 5.91 Å². The summed E-state index contributed by atoms with van der Waals surface area (Å²) in [4.78, 5) is 29.9.